The summed E-state index contributed by atoms with van der Waals surface area (Å²) in [6.45, 7) is 5.38. The van der Waals surface area contributed by atoms with Gasteiger partial charge >= 0.3 is 0 Å². The summed E-state index contributed by atoms with van der Waals surface area (Å²) in [4.78, 5) is 25.1. The van der Waals surface area contributed by atoms with Crippen molar-refractivity contribution < 1.29 is 28.6 Å². The molecule has 0 aromatic heterocycles. The molecule has 3 rings (SSSR count). The van der Waals surface area contributed by atoms with Gasteiger partial charge in [0.15, 0.2) is 0 Å². The SMILES string of the molecule is CC(=O)NCCC(C)(C)CC1NC(C(=O)NCCC(O)CO)C(C2C=CC=C(Cl)C2F)C1(N)c1ccc(Cl)cc1F. The van der Waals surface area contributed by atoms with E-state index in [-0.39, 0.29) is 34.5 Å². The fourth-order valence-electron chi connectivity index (χ4n) is 5.93. The van der Waals surface area contributed by atoms with Gasteiger partial charge in [-0.25, -0.2) is 8.78 Å². The maximum atomic E-state index is 15.8. The summed E-state index contributed by atoms with van der Waals surface area (Å²) < 4.78 is 31.5. The zero-order valence-corrected chi connectivity index (χ0v) is 25.0. The lowest BCUT2D eigenvalue weighted by molar-refractivity contribution is -0.124. The molecule has 8 nitrogen and oxygen atoms in total. The number of benzene rings is 1. The molecule has 1 aromatic rings. The van der Waals surface area contributed by atoms with Crippen LogP contribution in [0, 0.1) is 23.1 Å². The Hall–Kier alpha value is -2.08. The number of rotatable bonds is 12. The number of aliphatic hydroxyl groups is 2. The highest BCUT2D eigenvalue weighted by atomic mass is 35.5. The standard InChI is InChI=1S/C29H40Cl2F2N4O4/c1-16(39)35-12-10-28(2,3)14-23-29(34,20-8-7-17(30)13-22(20)32)24(19-5-4-6-21(31)25(19)33)26(37-23)27(41)36-11-9-18(40)15-38/h4-8,13,18-19,23-26,37-38,40H,9-12,14-15,34H2,1-3H3,(H,35,39)(H,36,41). The lowest BCUT2D eigenvalue weighted by Gasteiger charge is -2.43. The average Bonchev–Trinajstić information content (AvgIpc) is 3.16. The molecule has 1 fully saturated rings. The smallest absolute Gasteiger partial charge is 0.237 e. The van der Waals surface area contributed by atoms with Crippen molar-refractivity contribution in [1.29, 1.82) is 0 Å². The highest BCUT2D eigenvalue weighted by Crippen LogP contribution is 2.50. The van der Waals surface area contributed by atoms with E-state index < -0.39 is 65.5 Å². The van der Waals surface area contributed by atoms with Gasteiger partial charge in [-0.15, -0.1) is 0 Å². The van der Waals surface area contributed by atoms with Gasteiger partial charge in [0.05, 0.1) is 29.3 Å². The number of hydrogen-bond donors (Lipinski definition) is 6. The van der Waals surface area contributed by atoms with Crippen LogP contribution in [0.4, 0.5) is 8.78 Å². The number of nitrogens with two attached hydrogens (primary N) is 1. The van der Waals surface area contributed by atoms with Crippen LogP contribution in [-0.4, -0.2) is 66.1 Å². The van der Waals surface area contributed by atoms with Crippen molar-refractivity contribution in [1.82, 2.24) is 16.0 Å². The summed E-state index contributed by atoms with van der Waals surface area (Å²) >= 11 is 12.3. The van der Waals surface area contributed by atoms with Gasteiger partial charge in [-0.3, -0.25) is 9.59 Å². The Morgan fingerprint density at radius 1 is 1.24 bits per heavy atom. The van der Waals surface area contributed by atoms with E-state index in [4.69, 9.17) is 34.0 Å². The number of carbonyl (C=O) groups is 2. The largest absolute Gasteiger partial charge is 0.394 e. The molecule has 7 N–H and O–H groups in total. The molecule has 0 saturated carbocycles. The first-order valence-electron chi connectivity index (χ1n) is 13.7. The molecule has 0 spiro atoms. The number of aliphatic hydroxyl groups excluding tert-OH is 2. The first-order chi connectivity index (χ1) is 19.2. The zero-order chi connectivity index (χ0) is 30.5. The Labute approximate surface area is 249 Å². The van der Waals surface area contributed by atoms with E-state index in [1.165, 1.54) is 25.1 Å². The van der Waals surface area contributed by atoms with E-state index >= 15 is 8.78 Å². The molecule has 7 atom stereocenters. The van der Waals surface area contributed by atoms with Crippen molar-refractivity contribution in [2.75, 3.05) is 19.7 Å². The summed E-state index contributed by atoms with van der Waals surface area (Å²) in [6.07, 6.45) is 2.93. The maximum Gasteiger partial charge on any atom is 0.237 e. The second-order valence-electron chi connectivity index (χ2n) is 11.7. The first kappa shape index (κ1) is 33.4. The van der Waals surface area contributed by atoms with Crippen LogP contribution < -0.4 is 21.7 Å². The summed E-state index contributed by atoms with van der Waals surface area (Å²) in [5, 5.41) is 27.8. The topological polar surface area (TPSA) is 137 Å². The van der Waals surface area contributed by atoms with Crippen LogP contribution >= 0.6 is 23.2 Å². The van der Waals surface area contributed by atoms with Gasteiger partial charge in [0.25, 0.3) is 0 Å². The molecule has 1 aliphatic heterocycles. The van der Waals surface area contributed by atoms with E-state index in [1.807, 2.05) is 13.8 Å². The third-order valence-electron chi connectivity index (χ3n) is 8.07. The first-order valence-corrected chi connectivity index (χ1v) is 14.5. The molecule has 41 heavy (non-hydrogen) atoms. The van der Waals surface area contributed by atoms with Crippen LogP contribution in [0.25, 0.3) is 0 Å². The minimum Gasteiger partial charge on any atom is -0.394 e. The van der Waals surface area contributed by atoms with Crippen LogP contribution in [-0.2, 0) is 15.1 Å². The van der Waals surface area contributed by atoms with E-state index in [9.17, 15) is 14.7 Å². The minimum absolute atomic E-state index is 0.0471. The van der Waals surface area contributed by atoms with Crippen molar-refractivity contribution in [3.8, 4) is 0 Å². The normalized spacial score (nSPS) is 28.7. The Morgan fingerprint density at radius 3 is 2.59 bits per heavy atom. The predicted octanol–water partition coefficient (Wildman–Crippen LogP) is 3.04. The number of nitrogens with one attached hydrogen (secondary N) is 3. The Balaban J connectivity index is 2.09. The molecule has 1 heterocycles. The number of allylic oxidation sites excluding steroid dienone is 4. The van der Waals surface area contributed by atoms with Gasteiger partial charge in [-0.2, -0.15) is 0 Å². The van der Waals surface area contributed by atoms with Crippen LogP contribution in [0.15, 0.2) is 41.5 Å². The third kappa shape index (κ3) is 7.86. The van der Waals surface area contributed by atoms with Gasteiger partial charge in [0.1, 0.15) is 12.0 Å². The fourth-order valence-corrected chi connectivity index (χ4v) is 6.30. The van der Waals surface area contributed by atoms with E-state index in [1.54, 1.807) is 12.2 Å². The van der Waals surface area contributed by atoms with Gasteiger partial charge in [0.2, 0.25) is 11.8 Å². The summed E-state index contributed by atoms with van der Waals surface area (Å²) in [5.74, 6) is -3.33. The quantitative estimate of drug-likeness (QED) is 0.214. The highest BCUT2D eigenvalue weighted by Gasteiger charge is 2.60. The molecule has 1 saturated heterocycles. The third-order valence-corrected chi connectivity index (χ3v) is 8.64. The molecule has 0 radical (unpaired) electrons. The molecular formula is C29H40Cl2F2N4O4. The maximum absolute atomic E-state index is 15.8. The molecule has 2 amide bonds. The molecular weight excluding hydrogens is 577 g/mol. The second-order valence-corrected chi connectivity index (χ2v) is 12.6. The lowest BCUT2D eigenvalue weighted by Crippen LogP contribution is -2.56. The monoisotopic (exact) mass is 616 g/mol. The summed E-state index contributed by atoms with van der Waals surface area (Å²) in [6, 6.07) is 2.35. The van der Waals surface area contributed by atoms with Crippen molar-refractivity contribution in [2.24, 2.45) is 23.0 Å². The van der Waals surface area contributed by atoms with Gasteiger partial charge in [-0.1, -0.05) is 55.3 Å². The molecule has 228 valence electrons. The van der Waals surface area contributed by atoms with Gasteiger partial charge in [0, 0.05) is 48.5 Å². The predicted molar refractivity (Wildman–Crippen MR) is 155 cm³/mol. The Kier molecular flexibility index (Phi) is 11.4. The van der Waals surface area contributed by atoms with Crippen molar-refractivity contribution in [2.45, 2.75) is 69.9 Å². The average molecular weight is 618 g/mol. The number of hydrogen-bond acceptors (Lipinski definition) is 6. The second kappa shape index (κ2) is 13.9. The molecule has 2 aliphatic rings. The van der Waals surface area contributed by atoms with Gasteiger partial charge < -0.3 is 31.9 Å². The molecule has 1 aromatic carbocycles. The summed E-state index contributed by atoms with van der Waals surface area (Å²) in [7, 11) is 0. The number of carbonyl (C=O) groups excluding carboxylic acids is 2. The molecule has 0 bridgehead atoms. The highest BCUT2D eigenvalue weighted by molar-refractivity contribution is 6.30. The van der Waals surface area contributed by atoms with E-state index in [0.29, 0.717) is 19.4 Å². The number of halogens is 4. The van der Waals surface area contributed by atoms with Crippen molar-refractivity contribution in [3.63, 3.8) is 0 Å². The van der Waals surface area contributed by atoms with Crippen LogP contribution in [0.1, 0.15) is 45.6 Å². The Bertz CT molecular complexity index is 1170. The van der Waals surface area contributed by atoms with Crippen LogP contribution in [0.3, 0.4) is 0 Å². The summed E-state index contributed by atoms with van der Waals surface area (Å²) in [5.41, 5.74) is 5.28. The van der Waals surface area contributed by atoms with Crippen LogP contribution in [0.2, 0.25) is 5.02 Å². The molecule has 12 heteroatoms. The Morgan fingerprint density at radius 2 is 1.95 bits per heavy atom. The number of amides is 2. The van der Waals surface area contributed by atoms with Crippen LogP contribution in [0.5, 0.6) is 0 Å². The number of alkyl halides is 1. The minimum atomic E-state index is -1.69. The van der Waals surface area contributed by atoms with Crippen molar-refractivity contribution in [3.05, 3.63) is 57.9 Å². The zero-order valence-electron chi connectivity index (χ0n) is 23.5. The lowest BCUT2D eigenvalue weighted by atomic mass is 9.64. The van der Waals surface area contributed by atoms with Crippen molar-refractivity contribution >= 4 is 35.0 Å². The molecule has 1 aliphatic carbocycles. The van der Waals surface area contributed by atoms with E-state index in [2.05, 4.69) is 16.0 Å². The molecule has 7 unspecified atom stereocenters. The fraction of sp³-hybridized carbons (Fsp3) is 0.586. The van der Waals surface area contributed by atoms with E-state index in [0.717, 1.165) is 6.07 Å². The van der Waals surface area contributed by atoms with Gasteiger partial charge in [-0.05, 0) is 42.9 Å².